The van der Waals surface area contributed by atoms with E-state index in [1.165, 1.54) is 19.3 Å². The molecule has 1 atom stereocenters. The van der Waals surface area contributed by atoms with Crippen molar-refractivity contribution in [2.24, 2.45) is 5.92 Å². The van der Waals surface area contributed by atoms with E-state index in [9.17, 15) is 8.42 Å². The molecule has 6 heteroatoms. The second-order valence-corrected chi connectivity index (χ2v) is 7.25. The van der Waals surface area contributed by atoms with Gasteiger partial charge in [-0.25, -0.2) is 13.1 Å². The zero-order chi connectivity index (χ0) is 12.1. The van der Waals surface area contributed by atoms with E-state index < -0.39 is 10.0 Å². The van der Waals surface area contributed by atoms with Crippen LogP contribution in [0, 0.1) is 5.92 Å². The lowest BCUT2D eigenvalue weighted by Gasteiger charge is -2.26. The van der Waals surface area contributed by atoms with Crippen molar-refractivity contribution in [1.82, 2.24) is 10.0 Å². The van der Waals surface area contributed by atoms with Crippen LogP contribution in [0.15, 0.2) is 0 Å². The number of nitrogens with one attached hydrogen (secondary N) is 2. The Labute approximate surface area is 117 Å². The van der Waals surface area contributed by atoms with Crippen LogP contribution in [-0.2, 0) is 10.0 Å². The van der Waals surface area contributed by atoms with E-state index in [4.69, 9.17) is 0 Å². The maximum Gasteiger partial charge on any atom is 0.212 e. The summed E-state index contributed by atoms with van der Waals surface area (Å²) in [5.41, 5.74) is 0. The maximum atomic E-state index is 12.0. The molecule has 1 saturated carbocycles. The molecule has 0 bridgehead atoms. The predicted molar refractivity (Wildman–Crippen MR) is 76.6 cm³/mol. The van der Waals surface area contributed by atoms with Crippen LogP contribution in [-0.4, -0.2) is 33.3 Å². The van der Waals surface area contributed by atoms with E-state index in [1.807, 2.05) is 0 Å². The highest BCUT2D eigenvalue weighted by molar-refractivity contribution is 7.89. The van der Waals surface area contributed by atoms with Crippen molar-refractivity contribution in [3.05, 3.63) is 0 Å². The fourth-order valence-electron chi connectivity index (χ4n) is 2.92. The number of hydrogen-bond donors (Lipinski definition) is 2. The molecule has 2 N–H and O–H groups in total. The molecule has 1 heterocycles. The quantitative estimate of drug-likeness (QED) is 0.829. The minimum atomic E-state index is -3.07. The average Bonchev–Trinajstić information content (AvgIpc) is 2.30. The van der Waals surface area contributed by atoms with Gasteiger partial charge in [0.2, 0.25) is 10.0 Å². The Kier molecular flexibility index (Phi) is 6.92. The first-order chi connectivity index (χ1) is 8.16. The molecule has 0 amide bonds. The second-order valence-electron chi connectivity index (χ2n) is 5.45. The fourth-order valence-corrected chi connectivity index (χ4v) is 4.68. The van der Waals surface area contributed by atoms with E-state index in [1.54, 1.807) is 0 Å². The molecule has 0 unspecified atom stereocenters. The molecule has 0 spiro atoms. The third-order valence-corrected chi connectivity index (χ3v) is 5.43. The van der Waals surface area contributed by atoms with Crippen LogP contribution < -0.4 is 10.0 Å². The minimum absolute atomic E-state index is 0. The van der Waals surface area contributed by atoms with Gasteiger partial charge in [-0.2, -0.15) is 0 Å². The van der Waals surface area contributed by atoms with Crippen LogP contribution >= 0.6 is 12.4 Å². The zero-order valence-corrected chi connectivity index (χ0v) is 12.5. The summed E-state index contributed by atoms with van der Waals surface area (Å²) in [7, 11) is -3.07. The number of piperidine rings is 1. The fraction of sp³-hybridized carbons (Fsp3) is 1.00. The molecule has 0 aromatic carbocycles. The first-order valence-electron chi connectivity index (χ1n) is 6.86. The van der Waals surface area contributed by atoms with Gasteiger partial charge in [0.15, 0.2) is 0 Å². The Morgan fingerprint density at radius 3 is 2.39 bits per heavy atom. The van der Waals surface area contributed by atoms with Gasteiger partial charge >= 0.3 is 0 Å². The molecule has 0 aromatic rings. The van der Waals surface area contributed by atoms with Gasteiger partial charge in [-0.05, 0) is 38.1 Å². The molecule has 2 rings (SSSR count). The van der Waals surface area contributed by atoms with Gasteiger partial charge in [0, 0.05) is 12.6 Å². The van der Waals surface area contributed by atoms with Crippen molar-refractivity contribution < 1.29 is 8.42 Å². The summed E-state index contributed by atoms with van der Waals surface area (Å²) in [5.74, 6) is 0.724. The predicted octanol–water partition coefficient (Wildman–Crippen LogP) is 1.66. The number of hydrogen-bond acceptors (Lipinski definition) is 3. The number of rotatable bonds is 4. The Bertz CT molecular complexity index is 297. The van der Waals surface area contributed by atoms with Gasteiger partial charge in [-0.1, -0.05) is 19.3 Å². The zero-order valence-electron chi connectivity index (χ0n) is 10.9. The molecule has 2 aliphatic rings. The van der Waals surface area contributed by atoms with Crippen LogP contribution in [0.4, 0.5) is 0 Å². The molecule has 4 nitrogen and oxygen atoms in total. The van der Waals surface area contributed by atoms with Crippen molar-refractivity contribution in [2.45, 2.75) is 51.0 Å². The minimum Gasteiger partial charge on any atom is -0.315 e. The molecule has 0 aromatic heterocycles. The summed E-state index contributed by atoms with van der Waals surface area (Å²) in [6, 6.07) is 0.109. The Hall–Kier alpha value is 0.160. The van der Waals surface area contributed by atoms with E-state index in [-0.39, 0.29) is 18.4 Å². The molecular weight excluding hydrogens is 272 g/mol. The highest BCUT2D eigenvalue weighted by atomic mass is 35.5. The maximum absolute atomic E-state index is 12.0. The molecular formula is C12H25ClN2O2S. The van der Waals surface area contributed by atoms with Gasteiger partial charge in [0.1, 0.15) is 0 Å². The van der Waals surface area contributed by atoms with Crippen molar-refractivity contribution in [2.75, 3.05) is 18.8 Å². The van der Waals surface area contributed by atoms with E-state index in [2.05, 4.69) is 10.0 Å². The standard InChI is InChI=1S/C12H24N2O2S.ClH/c15-17(16,10-11-5-2-1-3-6-11)14-12-7-4-8-13-9-12;/h11-14H,1-10H2;1H/t12-;/m1./s1. The smallest absolute Gasteiger partial charge is 0.212 e. The first-order valence-corrected chi connectivity index (χ1v) is 8.52. The molecule has 1 aliphatic heterocycles. The highest BCUT2D eigenvalue weighted by Crippen LogP contribution is 2.24. The van der Waals surface area contributed by atoms with Gasteiger partial charge in [0.05, 0.1) is 5.75 Å². The monoisotopic (exact) mass is 296 g/mol. The molecule has 1 saturated heterocycles. The lowest BCUT2D eigenvalue weighted by atomic mass is 9.91. The summed E-state index contributed by atoms with van der Waals surface area (Å²) in [4.78, 5) is 0. The SMILES string of the molecule is Cl.O=S(=O)(CC1CCCCC1)N[C@@H]1CCCNC1. The first kappa shape index (κ1) is 16.2. The van der Waals surface area contributed by atoms with Gasteiger partial charge < -0.3 is 5.32 Å². The summed E-state index contributed by atoms with van der Waals surface area (Å²) < 4.78 is 26.9. The van der Waals surface area contributed by atoms with Crippen LogP contribution in [0.25, 0.3) is 0 Å². The largest absolute Gasteiger partial charge is 0.315 e. The molecule has 1 aliphatic carbocycles. The highest BCUT2D eigenvalue weighted by Gasteiger charge is 2.24. The van der Waals surface area contributed by atoms with E-state index in [0.29, 0.717) is 11.7 Å². The summed E-state index contributed by atoms with van der Waals surface area (Å²) in [5, 5.41) is 3.23. The van der Waals surface area contributed by atoms with Crippen LogP contribution in [0.1, 0.15) is 44.9 Å². The van der Waals surface area contributed by atoms with Crippen molar-refractivity contribution in [1.29, 1.82) is 0 Å². The Morgan fingerprint density at radius 2 is 1.78 bits per heavy atom. The third-order valence-electron chi connectivity index (χ3n) is 3.82. The molecule has 2 fully saturated rings. The van der Waals surface area contributed by atoms with E-state index >= 15 is 0 Å². The third kappa shape index (κ3) is 5.43. The van der Waals surface area contributed by atoms with Crippen LogP contribution in [0.2, 0.25) is 0 Å². The summed E-state index contributed by atoms with van der Waals surface area (Å²) >= 11 is 0. The van der Waals surface area contributed by atoms with Gasteiger partial charge in [0.25, 0.3) is 0 Å². The number of sulfonamides is 1. The Morgan fingerprint density at radius 1 is 1.06 bits per heavy atom. The van der Waals surface area contributed by atoms with Gasteiger partial charge in [-0.15, -0.1) is 12.4 Å². The van der Waals surface area contributed by atoms with E-state index in [0.717, 1.165) is 38.8 Å². The molecule has 0 radical (unpaired) electrons. The molecule has 18 heavy (non-hydrogen) atoms. The van der Waals surface area contributed by atoms with Crippen molar-refractivity contribution in [3.63, 3.8) is 0 Å². The van der Waals surface area contributed by atoms with Crippen molar-refractivity contribution in [3.8, 4) is 0 Å². The summed E-state index contributed by atoms with van der Waals surface area (Å²) in [6.45, 7) is 1.80. The van der Waals surface area contributed by atoms with Gasteiger partial charge in [-0.3, -0.25) is 0 Å². The summed E-state index contributed by atoms with van der Waals surface area (Å²) in [6.07, 6.45) is 7.88. The number of halogens is 1. The lowest BCUT2D eigenvalue weighted by molar-refractivity contribution is 0.379. The van der Waals surface area contributed by atoms with Crippen LogP contribution in [0.5, 0.6) is 0 Å². The molecule has 108 valence electrons. The van der Waals surface area contributed by atoms with Crippen molar-refractivity contribution >= 4 is 22.4 Å². The normalized spacial score (nSPS) is 26.6. The second kappa shape index (κ2) is 7.68. The van der Waals surface area contributed by atoms with Crippen LogP contribution in [0.3, 0.4) is 0 Å². The average molecular weight is 297 g/mol. The Balaban J connectivity index is 0.00000162. The topological polar surface area (TPSA) is 58.2 Å². The lowest BCUT2D eigenvalue weighted by Crippen LogP contribution is -2.46.